The minimum Gasteiger partial charge on any atom is -0.470 e. The minimum absolute atomic E-state index is 0.284. The smallest absolute Gasteiger partial charge is 0.317 e. The van der Waals surface area contributed by atoms with Crippen LogP contribution in [0.25, 0.3) is 22.0 Å². The molecule has 5 nitrogen and oxygen atoms in total. The van der Waals surface area contributed by atoms with Crippen molar-refractivity contribution < 1.29 is 9.53 Å². The van der Waals surface area contributed by atoms with Crippen molar-refractivity contribution in [3.63, 3.8) is 0 Å². The van der Waals surface area contributed by atoms with Gasteiger partial charge >= 0.3 is 6.03 Å². The number of rotatable bonds is 3. The van der Waals surface area contributed by atoms with Crippen LogP contribution in [0.4, 0.5) is 4.79 Å². The van der Waals surface area contributed by atoms with Crippen LogP contribution in [0.15, 0.2) is 54.7 Å². The summed E-state index contributed by atoms with van der Waals surface area (Å²) in [5.41, 5.74) is 9.93. The number of carbonyl (C=O) groups excluding carboxylic acids is 1. The maximum absolute atomic E-state index is 11.6. The third kappa shape index (κ3) is 3.45. The van der Waals surface area contributed by atoms with E-state index in [4.69, 9.17) is 10.5 Å². The fraction of sp³-hybridized carbons (Fsp3) is 0.273. The van der Waals surface area contributed by atoms with Crippen molar-refractivity contribution in [3.8, 4) is 16.9 Å². The number of aryl methyl sites for hydroxylation is 1. The van der Waals surface area contributed by atoms with Crippen molar-refractivity contribution in [1.82, 2.24) is 9.88 Å². The van der Waals surface area contributed by atoms with E-state index in [-0.39, 0.29) is 6.23 Å². The molecule has 138 valence electrons. The highest BCUT2D eigenvalue weighted by Crippen LogP contribution is 2.30. The van der Waals surface area contributed by atoms with Crippen LogP contribution in [-0.4, -0.2) is 28.7 Å². The molecule has 1 aliphatic heterocycles. The summed E-state index contributed by atoms with van der Waals surface area (Å²) < 4.78 is 6.03. The van der Waals surface area contributed by atoms with Crippen molar-refractivity contribution >= 4 is 16.9 Å². The maximum Gasteiger partial charge on any atom is 0.317 e. The number of piperidine rings is 1. The van der Waals surface area contributed by atoms with Crippen LogP contribution in [0.1, 0.15) is 24.8 Å². The molecule has 2 aromatic carbocycles. The fourth-order valence-corrected chi connectivity index (χ4v) is 3.75. The summed E-state index contributed by atoms with van der Waals surface area (Å²) >= 11 is 0. The lowest BCUT2D eigenvalue weighted by molar-refractivity contribution is 0.0270. The summed E-state index contributed by atoms with van der Waals surface area (Å²) in [4.78, 5) is 17.7. The number of hydrogen-bond acceptors (Lipinski definition) is 3. The lowest BCUT2D eigenvalue weighted by Crippen LogP contribution is -2.49. The summed E-state index contributed by atoms with van der Waals surface area (Å²) in [5.74, 6) is 0.744. The quantitative estimate of drug-likeness (QED) is 0.748. The zero-order valence-corrected chi connectivity index (χ0v) is 15.4. The van der Waals surface area contributed by atoms with Crippen LogP contribution in [-0.2, 0) is 0 Å². The Labute approximate surface area is 158 Å². The first-order valence-electron chi connectivity index (χ1n) is 9.31. The second-order valence-corrected chi connectivity index (χ2v) is 6.94. The van der Waals surface area contributed by atoms with E-state index in [0.717, 1.165) is 52.6 Å². The highest BCUT2D eigenvalue weighted by atomic mass is 16.5. The number of amides is 2. The van der Waals surface area contributed by atoms with Crippen molar-refractivity contribution in [2.75, 3.05) is 6.54 Å². The third-order valence-electron chi connectivity index (χ3n) is 5.20. The van der Waals surface area contributed by atoms with E-state index < -0.39 is 6.03 Å². The van der Waals surface area contributed by atoms with Gasteiger partial charge in [0.1, 0.15) is 5.75 Å². The molecule has 4 rings (SSSR count). The Morgan fingerprint density at radius 1 is 1.15 bits per heavy atom. The third-order valence-corrected chi connectivity index (χ3v) is 5.20. The number of aromatic nitrogens is 1. The molecule has 2 heterocycles. The zero-order valence-electron chi connectivity index (χ0n) is 15.4. The minimum atomic E-state index is -0.421. The standard InChI is InChI=1S/C22H23N3O2/c1-15-19(12-9-17-5-4-13-24-21(15)17)16-7-10-18(11-8-16)27-20-6-2-3-14-25(20)22(23)26/h4-5,7-13,20H,2-3,6,14H2,1H3,(H2,23,26). The highest BCUT2D eigenvalue weighted by molar-refractivity contribution is 5.88. The number of urea groups is 1. The molecular weight excluding hydrogens is 338 g/mol. The van der Waals surface area contributed by atoms with E-state index in [1.54, 1.807) is 4.90 Å². The Morgan fingerprint density at radius 2 is 1.96 bits per heavy atom. The number of fused-ring (bicyclic) bond motifs is 1. The first-order chi connectivity index (χ1) is 13.1. The van der Waals surface area contributed by atoms with E-state index >= 15 is 0 Å². The number of hydrogen-bond donors (Lipinski definition) is 1. The summed E-state index contributed by atoms with van der Waals surface area (Å²) in [6, 6.07) is 15.8. The van der Waals surface area contributed by atoms with E-state index in [1.807, 2.05) is 36.5 Å². The zero-order chi connectivity index (χ0) is 18.8. The topological polar surface area (TPSA) is 68.5 Å². The van der Waals surface area contributed by atoms with Crippen LogP contribution in [0.5, 0.6) is 5.75 Å². The van der Waals surface area contributed by atoms with Gasteiger partial charge in [-0.15, -0.1) is 0 Å². The van der Waals surface area contributed by atoms with Gasteiger partial charge in [0.05, 0.1) is 5.52 Å². The lowest BCUT2D eigenvalue weighted by atomic mass is 9.98. The molecule has 0 saturated carbocycles. The summed E-state index contributed by atoms with van der Waals surface area (Å²) in [6.07, 6.45) is 4.35. The molecule has 1 saturated heterocycles. The molecule has 0 radical (unpaired) electrons. The molecule has 0 bridgehead atoms. The van der Waals surface area contributed by atoms with Gasteiger partial charge in [0.25, 0.3) is 0 Å². The maximum atomic E-state index is 11.6. The largest absolute Gasteiger partial charge is 0.470 e. The predicted molar refractivity (Wildman–Crippen MR) is 106 cm³/mol. The summed E-state index contributed by atoms with van der Waals surface area (Å²) in [6.45, 7) is 2.75. The Morgan fingerprint density at radius 3 is 2.74 bits per heavy atom. The van der Waals surface area contributed by atoms with Crippen LogP contribution >= 0.6 is 0 Å². The van der Waals surface area contributed by atoms with Crippen LogP contribution in [0.3, 0.4) is 0 Å². The number of benzene rings is 2. The van der Waals surface area contributed by atoms with Gasteiger partial charge < -0.3 is 10.5 Å². The van der Waals surface area contributed by atoms with E-state index in [0.29, 0.717) is 6.54 Å². The van der Waals surface area contributed by atoms with Crippen LogP contribution in [0, 0.1) is 6.92 Å². The average Bonchev–Trinajstić information content (AvgIpc) is 2.70. The number of carbonyl (C=O) groups is 1. The molecular formula is C22H23N3O2. The number of nitrogens with zero attached hydrogens (tertiary/aromatic N) is 2. The molecule has 0 spiro atoms. The molecule has 2 amide bonds. The Balaban J connectivity index is 1.57. The molecule has 1 aromatic heterocycles. The van der Waals surface area contributed by atoms with Crippen molar-refractivity contribution in [2.45, 2.75) is 32.4 Å². The molecule has 27 heavy (non-hydrogen) atoms. The molecule has 2 N–H and O–H groups in total. The second-order valence-electron chi connectivity index (χ2n) is 6.94. The van der Waals surface area contributed by atoms with Gasteiger partial charge in [0.2, 0.25) is 0 Å². The average molecular weight is 361 g/mol. The van der Waals surface area contributed by atoms with Crippen molar-refractivity contribution in [2.24, 2.45) is 5.73 Å². The number of ether oxygens (including phenoxy) is 1. The Kier molecular flexibility index (Phi) is 4.67. The molecule has 1 atom stereocenters. The highest BCUT2D eigenvalue weighted by Gasteiger charge is 2.26. The van der Waals surface area contributed by atoms with Crippen LogP contribution in [0.2, 0.25) is 0 Å². The molecule has 1 fully saturated rings. The first kappa shape index (κ1) is 17.3. The van der Waals surface area contributed by atoms with Crippen molar-refractivity contribution in [3.05, 3.63) is 60.3 Å². The van der Waals surface area contributed by atoms with Gasteiger partial charge in [-0.05, 0) is 54.7 Å². The number of likely N-dealkylation sites (tertiary alicyclic amines) is 1. The summed E-state index contributed by atoms with van der Waals surface area (Å²) in [7, 11) is 0. The van der Waals surface area contributed by atoms with Gasteiger partial charge in [-0.1, -0.05) is 30.3 Å². The first-order valence-corrected chi connectivity index (χ1v) is 9.31. The number of primary amides is 1. The number of nitrogens with two attached hydrogens (primary N) is 1. The van der Waals surface area contributed by atoms with E-state index in [1.165, 1.54) is 0 Å². The fourth-order valence-electron chi connectivity index (χ4n) is 3.75. The van der Waals surface area contributed by atoms with Gasteiger partial charge in [-0.3, -0.25) is 9.88 Å². The monoisotopic (exact) mass is 361 g/mol. The molecule has 3 aromatic rings. The van der Waals surface area contributed by atoms with Crippen molar-refractivity contribution in [1.29, 1.82) is 0 Å². The van der Waals surface area contributed by atoms with Gasteiger partial charge in [-0.2, -0.15) is 0 Å². The number of pyridine rings is 1. The van der Waals surface area contributed by atoms with E-state index in [2.05, 4.69) is 30.1 Å². The van der Waals surface area contributed by atoms with Gasteiger partial charge in [0, 0.05) is 24.5 Å². The molecule has 5 heteroatoms. The Hall–Kier alpha value is -3.08. The van der Waals surface area contributed by atoms with E-state index in [9.17, 15) is 4.79 Å². The van der Waals surface area contributed by atoms with Crippen LogP contribution < -0.4 is 10.5 Å². The Bertz CT molecular complexity index is 969. The second kappa shape index (κ2) is 7.27. The predicted octanol–water partition coefficient (Wildman–Crippen LogP) is 4.48. The lowest BCUT2D eigenvalue weighted by Gasteiger charge is -2.34. The summed E-state index contributed by atoms with van der Waals surface area (Å²) in [5, 5.41) is 1.14. The molecule has 0 aliphatic carbocycles. The normalized spacial score (nSPS) is 17.1. The van der Waals surface area contributed by atoms with Gasteiger partial charge in [0.15, 0.2) is 6.23 Å². The molecule has 1 unspecified atom stereocenters. The molecule has 1 aliphatic rings. The van der Waals surface area contributed by atoms with Gasteiger partial charge in [-0.25, -0.2) is 4.79 Å². The SMILES string of the molecule is Cc1c(-c2ccc(OC3CCCCN3C(N)=O)cc2)ccc2cccnc12.